The molecule has 0 saturated heterocycles. The summed E-state index contributed by atoms with van der Waals surface area (Å²) in [5.41, 5.74) is 3.37. The van der Waals surface area contributed by atoms with Gasteiger partial charge < -0.3 is 10.2 Å². The summed E-state index contributed by atoms with van der Waals surface area (Å²) in [6.07, 6.45) is 0.344. The Bertz CT molecular complexity index is 1080. The molecular formula is C23H28ClN5OS. The van der Waals surface area contributed by atoms with Gasteiger partial charge in [-0.05, 0) is 58.9 Å². The highest BCUT2D eigenvalue weighted by Crippen LogP contribution is 2.55. The number of hydrogen-bond acceptors (Lipinski definition) is 5. The lowest BCUT2D eigenvalue weighted by Gasteiger charge is -2.35. The number of carbonyl (C=O) groups excluding carboxylic acids is 1. The van der Waals surface area contributed by atoms with Crippen molar-refractivity contribution in [3.63, 3.8) is 0 Å². The second-order valence-corrected chi connectivity index (χ2v) is 9.86. The number of nitrogens with zero attached hydrogens (tertiary/aromatic N) is 2. The number of likely N-dealkylation sites (N-methyl/N-ethyl adjacent to an activating group) is 1. The number of anilines is 1. The minimum Gasteiger partial charge on any atom is -0.356 e. The molecule has 8 heteroatoms. The van der Waals surface area contributed by atoms with Gasteiger partial charge in [0.1, 0.15) is 16.7 Å². The van der Waals surface area contributed by atoms with E-state index in [-0.39, 0.29) is 18.0 Å². The summed E-state index contributed by atoms with van der Waals surface area (Å²) in [6.45, 7) is 8.51. The van der Waals surface area contributed by atoms with E-state index < -0.39 is 5.54 Å². The van der Waals surface area contributed by atoms with E-state index >= 15 is 0 Å². The molecule has 2 aromatic rings. The topological polar surface area (TPSA) is 80.6 Å². The van der Waals surface area contributed by atoms with Gasteiger partial charge in [-0.2, -0.15) is 0 Å². The lowest BCUT2D eigenvalue weighted by molar-refractivity contribution is -0.122. The van der Waals surface area contributed by atoms with Crippen molar-refractivity contribution >= 4 is 45.4 Å². The van der Waals surface area contributed by atoms with Crippen LogP contribution in [0.4, 0.5) is 5.00 Å². The average Bonchev–Trinajstić information content (AvgIpc) is 3.40. The van der Waals surface area contributed by atoms with Gasteiger partial charge in [-0.1, -0.05) is 23.7 Å². The van der Waals surface area contributed by atoms with Crippen molar-refractivity contribution in [1.82, 2.24) is 10.6 Å². The van der Waals surface area contributed by atoms with Crippen LogP contribution in [0.25, 0.3) is 0 Å². The van der Waals surface area contributed by atoms with Crippen molar-refractivity contribution in [1.29, 1.82) is 5.41 Å². The number of fused-ring (bicyclic) bond motifs is 1. The summed E-state index contributed by atoms with van der Waals surface area (Å²) in [4.78, 5) is 21.4. The van der Waals surface area contributed by atoms with Gasteiger partial charge in [0.05, 0.1) is 17.5 Å². The van der Waals surface area contributed by atoms with E-state index in [1.165, 1.54) is 4.88 Å². The zero-order chi connectivity index (χ0) is 22.5. The standard InChI is InChI=1S/C23H28ClN5OS/c1-6-27-20(30)17-11-23(17)22(26-5)29(14(4)25)21-18(12(2)13(3)31-21)19(28-23)15-7-9-16(24)10-8-15/h7-10,17,22,25-26H,6,11H2,1-5H3,(H,27,30). The van der Waals surface area contributed by atoms with Crippen LogP contribution in [0.1, 0.15) is 41.8 Å². The highest BCUT2D eigenvalue weighted by molar-refractivity contribution is 7.17. The fraction of sp³-hybridized carbons (Fsp3) is 0.435. The molecule has 3 unspecified atom stereocenters. The van der Waals surface area contributed by atoms with Gasteiger partial charge in [0, 0.05) is 27.6 Å². The molecule has 0 bridgehead atoms. The second-order valence-electron chi connectivity index (χ2n) is 8.22. The average molecular weight is 458 g/mol. The third-order valence-corrected chi connectivity index (χ3v) is 7.73. The Morgan fingerprint density at radius 1 is 1.35 bits per heavy atom. The number of amidine groups is 1. The number of rotatable bonds is 4. The molecule has 1 fully saturated rings. The molecule has 0 radical (unpaired) electrons. The first-order valence-electron chi connectivity index (χ1n) is 10.5. The molecule has 1 aliphatic carbocycles. The molecule has 164 valence electrons. The summed E-state index contributed by atoms with van der Waals surface area (Å²) in [5.74, 6) is 0.197. The molecular weight excluding hydrogens is 430 g/mol. The first-order valence-corrected chi connectivity index (χ1v) is 11.7. The smallest absolute Gasteiger partial charge is 0.225 e. The molecule has 1 aromatic heterocycles. The normalized spacial score (nSPS) is 24.5. The van der Waals surface area contributed by atoms with E-state index in [2.05, 4.69) is 24.5 Å². The lowest BCUT2D eigenvalue weighted by Crippen LogP contribution is -2.55. The van der Waals surface area contributed by atoms with E-state index in [9.17, 15) is 4.79 Å². The Morgan fingerprint density at radius 3 is 2.61 bits per heavy atom. The molecule has 3 N–H and O–H groups in total. The number of aryl methyl sites for hydroxylation is 1. The van der Waals surface area contributed by atoms with Crippen LogP contribution in [0.3, 0.4) is 0 Å². The number of nitrogens with one attached hydrogen (secondary N) is 3. The molecule has 2 heterocycles. The maximum atomic E-state index is 12.9. The van der Waals surface area contributed by atoms with Gasteiger partial charge in [0.2, 0.25) is 5.91 Å². The van der Waals surface area contributed by atoms with Crippen LogP contribution in [-0.2, 0) is 4.79 Å². The quantitative estimate of drug-likeness (QED) is 0.477. The molecule has 1 aromatic carbocycles. The summed E-state index contributed by atoms with van der Waals surface area (Å²) in [6, 6.07) is 7.70. The van der Waals surface area contributed by atoms with Crippen LogP contribution in [-0.4, -0.2) is 42.8 Å². The molecule has 1 amide bonds. The van der Waals surface area contributed by atoms with Crippen molar-refractivity contribution in [2.24, 2.45) is 10.9 Å². The summed E-state index contributed by atoms with van der Waals surface area (Å²) in [7, 11) is 1.88. The van der Waals surface area contributed by atoms with Gasteiger partial charge >= 0.3 is 0 Å². The third-order valence-electron chi connectivity index (χ3n) is 6.27. The largest absolute Gasteiger partial charge is 0.356 e. The van der Waals surface area contributed by atoms with Crippen molar-refractivity contribution in [2.75, 3.05) is 18.5 Å². The molecule has 2 aliphatic rings. The summed E-state index contributed by atoms with van der Waals surface area (Å²) < 4.78 is 0. The first kappa shape index (κ1) is 22.0. The van der Waals surface area contributed by atoms with E-state index in [1.54, 1.807) is 18.3 Å². The maximum absolute atomic E-state index is 12.9. The minimum absolute atomic E-state index is 0.0164. The second kappa shape index (κ2) is 8.04. The first-order chi connectivity index (χ1) is 14.7. The van der Waals surface area contributed by atoms with Crippen molar-refractivity contribution in [2.45, 2.75) is 45.8 Å². The van der Waals surface area contributed by atoms with E-state index in [0.717, 1.165) is 27.4 Å². The Labute approximate surface area is 192 Å². The fourth-order valence-electron chi connectivity index (χ4n) is 4.58. The van der Waals surface area contributed by atoms with Crippen LogP contribution in [0, 0.1) is 25.2 Å². The third kappa shape index (κ3) is 3.49. The fourth-order valence-corrected chi connectivity index (χ4v) is 5.94. The van der Waals surface area contributed by atoms with Gasteiger partial charge in [0.15, 0.2) is 0 Å². The van der Waals surface area contributed by atoms with E-state index in [1.807, 2.05) is 43.1 Å². The molecule has 1 spiro atoms. The van der Waals surface area contributed by atoms with Crippen molar-refractivity contribution in [3.8, 4) is 0 Å². The van der Waals surface area contributed by atoms with E-state index in [0.29, 0.717) is 23.8 Å². The van der Waals surface area contributed by atoms with Crippen LogP contribution < -0.4 is 15.5 Å². The maximum Gasteiger partial charge on any atom is 0.225 e. The Balaban J connectivity index is 1.99. The highest BCUT2D eigenvalue weighted by Gasteiger charge is 2.66. The predicted molar refractivity (Wildman–Crippen MR) is 129 cm³/mol. The van der Waals surface area contributed by atoms with Gasteiger partial charge in [-0.25, -0.2) is 0 Å². The Hall–Kier alpha value is -2.22. The zero-order valence-electron chi connectivity index (χ0n) is 18.5. The number of benzene rings is 1. The summed E-state index contributed by atoms with van der Waals surface area (Å²) >= 11 is 7.83. The number of halogens is 1. The SMILES string of the molecule is CCNC(=O)C1CC12N=C(c1ccc(Cl)cc1)c1c(sc(C)c1C)N(C(C)=N)C2NC. The molecule has 1 saturated carbocycles. The van der Waals surface area contributed by atoms with Crippen LogP contribution in [0.15, 0.2) is 29.3 Å². The van der Waals surface area contributed by atoms with Gasteiger partial charge in [0.25, 0.3) is 0 Å². The number of thiophene rings is 1. The summed E-state index contributed by atoms with van der Waals surface area (Å²) in [5, 5.41) is 16.6. The Kier molecular flexibility index (Phi) is 5.70. The molecule has 4 rings (SSSR count). The number of carbonyl (C=O) groups is 1. The molecule has 6 nitrogen and oxygen atoms in total. The highest BCUT2D eigenvalue weighted by atomic mass is 35.5. The zero-order valence-corrected chi connectivity index (χ0v) is 20.0. The van der Waals surface area contributed by atoms with Crippen molar-refractivity contribution < 1.29 is 4.79 Å². The molecule has 3 atom stereocenters. The Morgan fingerprint density at radius 2 is 2.03 bits per heavy atom. The number of aliphatic imine (C=N–C) groups is 1. The minimum atomic E-state index is -0.648. The van der Waals surface area contributed by atoms with Crippen LogP contribution in [0.2, 0.25) is 5.02 Å². The van der Waals surface area contributed by atoms with E-state index in [4.69, 9.17) is 22.0 Å². The van der Waals surface area contributed by atoms with Crippen LogP contribution in [0.5, 0.6) is 0 Å². The van der Waals surface area contributed by atoms with Crippen molar-refractivity contribution in [3.05, 3.63) is 50.9 Å². The van der Waals surface area contributed by atoms with Gasteiger partial charge in [-0.3, -0.25) is 20.5 Å². The van der Waals surface area contributed by atoms with Gasteiger partial charge in [-0.15, -0.1) is 11.3 Å². The molecule has 1 aliphatic heterocycles. The number of hydrogen-bond donors (Lipinski definition) is 3. The monoisotopic (exact) mass is 457 g/mol. The van der Waals surface area contributed by atoms with Crippen LogP contribution >= 0.6 is 22.9 Å². The number of amides is 1. The molecule has 31 heavy (non-hydrogen) atoms. The lowest BCUT2D eigenvalue weighted by atomic mass is 9.99. The predicted octanol–water partition coefficient (Wildman–Crippen LogP) is 4.11.